The number of aromatic nitrogens is 7. The molecule has 1 fully saturated rings. The molecule has 0 atom stereocenters. The SMILES string of the molecule is c1cnc2nc(-c3n[nH]c4ccc(-c5cncc(CN6CCCCC6)c5)nc34)[nH]c2c1. The summed E-state index contributed by atoms with van der Waals surface area (Å²) in [6, 6.07) is 10.0. The molecule has 0 spiro atoms. The molecule has 0 radical (unpaired) electrons. The third-order valence-electron chi connectivity index (χ3n) is 5.83. The number of hydrogen-bond acceptors (Lipinski definition) is 6. The van der Waals surface area contributed by atoms with Gasteiger partial charge in [-0.1, -0.05) is 6.42 Å². The van der Waals surface area contributed by atoms with Gasteiger partial charge in [0.25, 0.3) is 0 Å². The summed E-state index contributed by atoms with van der Waals surface area (Å²) in [5.41, 5.74) is 6.97. The van der Waals surface area contributed by atoms with E-state index in [9.17, 15) is 0 Å². The van der Waals surface area contributed by atoms with Crippen LogP contribution in [-0.4, -0.2) is 53.1 Å². The fourth-order valence-corrected chi connectivity index (χ4v) is 4.27. The van der Waals surface area contributed by atoms with Gasteiger partial charge in [-0.3, -0.25) is 15.0 Å². The molecule has 6 rings (SSSR count). The molecule has 5 aromatic heterocycles. The molecule has 0 saturated carbocycles. The Bertz CT molecular complexity index is 1330. The maximum Gasteiger partial charge on any atom is 0.178 e. The molecule has 0 aromatic carbocycles. The van der Waals surface area contributed by atoms with E-state index in [0.717, 1.165) is 34.4 Å². The molecule has 8 heteroatoms. The number of nitrogens with zero attached hydrogens (tertiary/aromatic N) is 6. The lowest BCUT2D eigenvalue weighted by molar-refractivity contribution is 0.220. The van der Waals surface area contributed by atoms with Gasteiger partial charge in [0.15, 0.2) is 17.2 Å². The highest BCUT2D eigenvalue weighted by molar-refractivity contribution is 5.90. The number of hydrogen-bond donors (Lipinski definition) is 2. The van der Waals surface area contributed by atoms with Crippen LogP contribution in [0.2, 0.25) is 0 Å². The van der Waals surface area contributed by atoms with Crippen LogP contribution in [-0.2, 0) is 6.54 Å². The Labute approximate surface area is 178 Å². The number of rotatable bonds is 4. The van der Waals surface area contributed by atoms with E-state index < -0.39 is 0 Å². The molecule has 31 heavy (non-hydrogen) atoms. The van der Waals surface area contributed by atoms with E-state index in [-0.39, 0.29) is 0 Å². The van der Waals surface area contributed by atoms with Gasteiger partial charge in [-0.2, -0.15) is 5.10 Å². The Morgan fingerprint density at radius 1 is 0.968 bits per heavy atom. The predicted molar refractivity (Wildman–Crippen MR) is 119 cm³/mol. The maximum absolute atomic E-state index is 4.91. The highest BCUT2D eigenvalue weighted by Gasteiger charge is 2.16. The number of imidazole rings is 1. The Hall–Kier alpha value is -3.65. The van der Waals surface area contributed by atoms with Gasteiger partial charge in [-0.25, -0.2) is 15.0 Å². The quantitative estimate of drug-likeness (QED) is 0.465. The van der Waals surface area contributed by atoms with Gasteiger partial charge < -0.3 is 4.98 Å². The molecule has 6 heterocycles. The molecular formula is C23H22N8. The predicted octanol–water partition coefficient (Wildman–Crippen LogP) is 3.94. The highest BCUT2D eigenvalue weighted by Crippen LogP contribution is 2.27. The fraction of sp³-hybridized carbons (Fsp3) is 0.261. The van der Waals surface area contributed by atoms with Crippen LogP contribution >= 0.6 is 0 Å². The molecule has 0 bridgehead atoms. The molecule has 1 saturated heterocycles. The number of pyridine rings is 3. The summed E-state index contributed by atoms with van der Waals surface area (Å²) in [4.78, 5) is 24.1. The minimum Gasteiger partial charge on any atom is -0.335 e. The Morgan fingerprint density at radius 2 is 1.90 bits per heavy atom. The summed E-state index contributed by atoms with van der Waals surface area (Å²) >= 11 is 0. The van der Waals surface area contributed by atoms with E-state index in [4.69, 9.17) is 4.98 Å². The first kappa shape index (κ1) is 18.1. The zero-order chi connectivity index (χ0) is 20.6. The van der Waals surface area contributed by atoms with Crippen molar-refractivity contribution >= 4 is 22.2 Å². The minimum absolute atomic E-state index is 0.654. The first-order valence-electron chi connectivity index (χ1n) is 10.7. The van der Waals surface area contributed by atoms with Crippen LogP contribution in [0, 0.1) is 0 Å². The minimum atomic E-state index is 0.654. The third kappa shape index (κ3) is 3.44. The number of piperidine rings is 1. The van der Waals surface area contributed by atoms with Gasteiger partial charge in [0.1, 0.15) is 5.52 Å². The summed E-state index contributed by atoms with van der Waals surface area (Å²) in [6.45, 7) is 3.27. The van der Waals surface area contributed by atoms with E-state index in [2.05, 4.69) is 41.1 Å². The lowest BCUT2D eigenvalue weighted by atomic mass is 10.1. The number of H-pyrrole nitrogens is 2. The van der Waals surface area contributed by atoms with Crippen molar-refractivity contribution in [2.24, 2.45) is 0 Å². The summed E-state index contributed by atoms with van der Waals surface area (Å²) in [7, 11) is 0. The highest BCUT2D eigenvalue weighted by atomic mass is 15.2. The van der Waals surface area contributed by atoms with Crippen molar-refractivity contribution in [2.75, 3.05) is 13.1 Å². The summed E-state index contributed by atoms with van der Waals surface area (Å²) in [5, 5.41) is 7.52. The number of aromatic amines is 2. The van der Waals surface area contributed by atoms with E-state index in [1.54, 1.807) is 6.20 Å². The number of nitrogens with one attached hydrogen (secondary N) is 2. The van der Waals surface area contributed by atoms with E-state index in [0.29, 0.717) is 17.2 Å². The van der Waals surface area contributed by atoms with Crippen molar-refractivity contribution in [1.82, 2.24) is 40.0 Å². The smallest absolute Gasteiger partial charge is 0.178 e. The first-order chi connectivity index (χ1) is 15.3. The van der Waals surface area contributed by atoms with Crippen LogP contribution in [0.4, 0.5) is 0 Å². The molecule has 8 nitrogen and oxygen atoms in total. The van der Waals surface area contributed by atoms with E-state index in [1.807, 2.05) is 36.7 Å². The Balaban J connectivity index is 1.36. The van der Waals surface area contributed by atoms with E-state index >= 15 is 0 Å². The van der Waals surface area contributed by atoms with Gasteiger partial charge in [0, 0.05) is 30.7 Å². The molecule has 0 aliphatic carbocycles. The monoisotopic (exact) mass is 410 g/mol. The Morgan fingerprint density at radius 3 is 2.81 bits per heavy atom. The zero-order valence-electron chi connectivity index (χ0n) is 17.0. The van der Waals surface area contributed by atoms with Crippen LogP contribution in [0.3, 0.4) is 0 Å². The standard InChI is InChI=1S/C23H22N8/c1-2-9-31(10-3-1)14-15-11-16(13-24-12-15)17-6-7-18-20(26-17)21(30-29-18)23-27-19-5-4-8-25-22(19)28-23/h4-8,11-13H,1-3,9-10,14H2,(H,29,30)(H,25,27,28). The fourth-order valence-electron chi connectivity index (χ4n) is 4.27. The van der Waals surface area contributed by atoms with E-state index in [1.165, 1.54) is 37.9 Å². The molecule has 1 aliphatic rings. The molecule has 0 amide bonds. The molecular weight excluding hydrogens is 388 g/mol. The van der Waals surface area contributed by atoms with Gasteiger partial charge in [0.2, 0.25) is 0 Å². The van der Waals surface area contributed by atoms with Crippen molar-refractivity contribution in [2.45, 2.75) is 25.8 Å². The number of fused-ring (bicyclic) bond motifs is 2. The average Bonchev–Trinajstić information content (AvgIpc) is 3.43. The van der Waals surface area contributed by atoms with Crippen LogP contribution in [0.25, 0.3) is 45.0 Å². The molecule has 0 unspecified atom stereocenters. The van der Waals surface area contributed by atoms with Crippen molar-refractivity contribution in [3.05, 3.63) is 54.5 Å². The molecule has 5 aromatic rings. The second kappa shape index (κ2) is 7.55. The van der Waals surface area contributed by atoms with Gasteiger partial charge in [0.05, 0.1) is 16.7 Å². The van der Waals surface area contributed by atoms with Gasteiger partial charge in [-0.05, 0) is 61.8 Å². The first-order valence-corrected chi connectivity index (χ1v) is 10.7. The Kier molecular flexibility index (Phi) is 4.42. The summed E-state index contributed by atoms with van der Waals surface area (Å²) in [6.07, 6.45) is 9.47. The van der Waals surface area contributed by atoms with Crippen LogP contribution in [0.5, 0.6) is 0 Å². The summed E-state index contributed by atoms with van der Waals surface area (Å²) < 4.78 is 0. The average molecular weight is 410 g/mol. The van der Waals surface area contributed by atoms with Crippen molar-refractivity contribution in [3.8, 4) is 22.8 Å². The second-order valence-electron chi connectivity index (χ2n) is 8.04. The van der Waals surface area contributed by atoms with Crippen molar-refractivity contribution in [3.63, 3.8) is 0 Å². The largest absolute Gasteiger partial charge is 0.335 e. The molecule has 1 aliphatic heterocycles. The summed E-state index contributed by atoms with van der Waals surface area (Å²) in [5.74, 6) is 0.654. The molecule has 154 valence electrons. The van der Waals surface area contributed by atoms with Gasteiger partial charge >= 0.3 is 0 Å². The zero-order valence-corrected chi connectivity index (χ0v) is 17.0. The lowest BCUT2D eigenvalue weighted by Crippen LogP contribution is -2.29. The normalized spacial score (nSPS) is 15.1. The van der Waals surface area contributed by atoms with Gasteiger partial charge in [-0.15, -0.1) is 0 Å². The van der Waals surface area contributed by atoms with Crippen LogP contribution < -0.4 is 0 Å². The van der Waals surface area contributed by atoms with Crippen LogP contribution in [0.1, 0.15) is 24.8 Å². The maximum atomic E-state index is 4.91. The van der Waals surface area contributed by atoms with Crippen molar-refractivity contribution < 1.29 is 0 Å². The van der Waals surface area contributed by atoms with Crippen molar-refractivity contribution in [1.29, 1.82) is 0 Å². The third-order valence-corrected chi connectivity index (χ3v) is 5.83. The topological polar surface area (TPSA) is 99.3 Å². The lowest BCUT2D eigenvalue weighted by Gasteiger charge is -2.26. The number of likely N-dealkylation sites (tertiary alicyclic amines) is 1. The van der Waals surface area contributed by atoms with Crippen LogP contribution in [0.15, 0.2) is 48.9 Å². The second-order valence-corrected chi connectivity index (χ2v) is 8.04. The molecule has 2 N–H and O–H groups in total.